The van der Waals surface area contributed by atoms with Crippen molar-refractivity contribution < 1.29 is 9.90 Å². The molecule has 3 nitrogen and oxygen atoms in total. The molecule has 0 aliphatic heterocycles. The Bertz CT molecular complexity index is 399. The number of carboxylic acids is 1. The number of carboxylic acid groups (broad SMARTS) is 1. The highest BCUT2D eigenvalue weighted by Crippen LogP contribution is 2.28. The summed E-state index contributed by atoms with van der Waals surface area (Å²) in [6.45, 7) is 3.98. The average Bonchev–Trinajstić information content (AvgIpc) is 3.13. The van der Waals surface area contributed by atoms with Gasteiger partial charge in [-0.1, -0.05) is 25.1 Å². The molecule has 1 N–H and O–H groups in total. The van der Waals surface area contributed by atoms with Crippen LogP contribution in [0.3, 0.4) is 0 Å². The monoisotopic (exact) mass is 233 g/mol. The van der Waals surface area contributed by atoms with Crippen LogP contribution in [0.2, 0.25) is 0 Å². The number of rotatable bonds is 6. The summed E-state index contributed by atoms with van der Waals surface area (Å²) in [5.74, 6) is -0.826. The number of hydrogen-bond donors (Lipinski definition) is 1. The molecule has 0 amide bonds. The predicted octanol–water partition coefficient (Wildman–Crippen LogP) is 2.76. The van der Waals surface area contributed by atoms with Crippen LogP contribution in [-0.2, 0) is 6.54 Å². The van der Waals surface area contributed by atoms with Gasteiger partial charge in [0.2, 0.25) is 0 Å². The van der Waals surface area contributed by atoms with Crippen LogP contribution in [0.25, 0.3) is 0 Å². The summed E-state index contributed by atoms with van der Waals surface area (Å²) < 4.78 is 0. The fourth-order valence-electron chi connectivity index (χ4n) is 2.20. The Labute approximate surface area is 102 Å². The van der Waals surface area contributed by atoms with Gasteiger partial charge in [-0.05, 0) is 37.4 Å². The smallest absolute Gasteiger partial charge is 0.336 e. The molecule has 1 aliphatic carbocycles. The maximum Gasteiger partial charge on any atom is 0.336 e. The van der Waals surface area contributed by atoms with E-state index in [0.29, 0.717) is 11.6 Å². The molecule has 0 heterocycles. The molecule has 0 aromatic heterocycles. The molecule has 2 rings (SSSR count). The van der Waals surface area contributed by atoms with Gasteiger partial charge in [-0.25, -0.2) is 4.79 Å². The second-order valence-electron chi connectivity index (χ2n) is 4.66. The zero-order valence-corrected chi connectivity index (χ0v) is 10.2. The van der Waals surface area contributed by atoms with Gasteiger partial charge in [0.15, 0.2) is 0 Å². The van der Waals surface area contributed by atoms with Gasteiger partial charge in [0.05, 0.1) is 5.56 Å². The molecule has 0 unspecified atom stereocenters. The van der Waals surface area contributed by atoms with E-state index in [2.05, 4.69) is 11.8 Å². The zero-order chi connectivity index (χ0) is 12.3. The second kappa shape index (κ2) is 5.32. The van der Waals surface area contributed by atoms with Crippen molar-refractivity contribution >= 4 is 5.97 Å². The minimum absolute atomic E-state index is 0.439. The van der Waals surface area contributed by atoms with E-state index in [4.69, 9.17) is 5.11 Å². The van der Waals surface area contributed by atoms with E-state index in [9.17, 15) is 4.79 Å². The summed E-state index contributed by atoms with van der Waals surface area (Å²) >= 11 is 0. The Morgan fingerprint density at radius 1 is 1.41 bits per heavy atom. The summed E-state index contributed by atoms with van der Waals surface area (Å²) in [5.41, 5.74) is 1.37. The topological polar surface area (TPSA) is 40.5 Å². The molecule has 0 spiro atoms. The molecule has 0 atom stereocenters. The van der Waals surface area contributed by atoms with Crippen LogP contribution in [0, 0.1) is 0 Å². The highest BCUT2D eigenvalue weighted by Gasteiger charge is 2.28. The molecule has 17 heavy (non-hydrogen) atoms. The van der Waals surface area contributed by atoms with Gasteiger partial charge >= 0.3 is 5.97 Å². The van der Waals surface area contributed by atoms with Crippen molar-refractivity contribution in [3.63, 3.8) is 0 Å². The second-order valence-corrected chi connectivity index (χ2v) is 4.66. The Balaban J connectivity index is 2.13. The van der Waals surface area contributed by atoms with Crippen LogP contribution in [0.5, 0.6) is 0 Å². The molecule has 3 heteroatoms. The third-order valence-corrected chi connectivity index (χ3v) is 3.20. The maximum absolute atomic E-state index is 11.1. The largest absolute Gasteiger partial charge is 0.478 e. The van der Waals surface area contributed by atoms with E-state index in [-0.39, 0.29) is 0 Å². The highest BCUT2D eigenvalue weighted by molar-refractivity contribution is 5.89. The average molecular weight is 233 g/mol. The van der Waals surface area contributed by atoms with Crippen LogP contribution in [-0.4, -0.2) is 28.6 Å². The Hall–Kier alpha value is -1.35. The van der Waals surface area contributed by atoms with Crippen LogP contribution in [0.4, 0.5) is 0 Å². The molecule has 1 aromatic carbocycles. The number of carbonyl (C=O) groups is 1. The zero-order valence-electron chi connectivity index (χ0n) is 10.2. The van der Waals surface area contributed by atoms with Crippen molar-refractivity contribution in [3.05, 3.63) is 35.4 Å². The lowest BCUT2D eigenvalue weighted by atomic mass is 10.1. The van der Waals surface area contributed by atoms with Crippen LogP contribution >= 0.6 is 0 Å². The quantitative estimate of drug-likeness (QED) is 0.821. The molecule has 1 fully saturated rings. The first-order chi connectivity index (χ1) is 8.22. The van der Waals surface area contributed by atoms with Crippen molar-refractivity contribution in [2.45, 2.75) is 38.8 Å². The van der Waals surface area contributed by atoms with Gasteiger partial charge in [-0.15, -0.1) is 0 Å². The van der Waals surface area contributed by atoms with Gasteiger partial charge < -0.3 is 5.11 Å². The molecule has 1 saturated carbocycles. The van der Waals surface area contributed by atoms with Gasteiger partial charge in [0.1, 0.15) is 0 Å². The minimum Gasteiger partial charge on any atom is -0.478 e. The molecule has 0 radical (unpaired) electrons. The SMILES string of the molecule is CCCN(Cc1ccccc1C(=O)O)C1CC1. The molecule has 0 saturated heterocycles. The summed E-state index contributed by atoms with van der Waals surface area (Å²) in [5, 5.41) is 9.14. The summed E-state index contributed by atoms with van der Waals surface area (Å²) in [7, 11) is 0. The minimum atomic E-state index is -0.826. The summed E-state index contributed by atoms with van der Waals surface area (Å²) in [6, 6.07) is 7.99. The van der Waals surface area contributed by atoms with Gasteiger partial charge in [-0.2, -0.15) is 0 Å². The number of aromatic carboxylic acids is 1. The first-order valence-corrected chi connectivity index (χ1v) is 6.27. The lowest BCUT2D eigenvalue weighted by Gasteiger charge is -2.22. The molecule has 1 aliphatic rings. The van der Waals surface area contributed by atoms with Crippen LogP contribution < -0.4 is 0 Å². The van der Waals surface area contributed by atoms with E-state index in [1.165, 1.54) is 12.8 Å². The Kier molecular flexibility index (Phi) is 3.79. The molecule has 0 bridgehead atoms. The summed E-state index contributed by atoms with van der Waals surface area (Å²) in [4.78, 5) is 13.5. The van der Waals surface area contributed by atoms with E-state index < -0.39 is 5.97 Å². The van der Waals surface area contributed by atoms with E-state index in [0.717, 1.165) is 25.1 Å². The van der Waals surface area contributed by atoms with Crippen LogP contribution in [0.15, 0.2) is 24.3 Å². The first-order valence-electron chi connectivity index (χ1n) is 6.27. The van der Waals surface area contributed by atoms with Crippen molar-refractivity contribution in [3.8, 4) is 0 Å². The van der Waals surface area contributed by atoms with Gasteiger partial charge in [-0.3, -0.25) is 4.90 Å². The third-order valence-electron chi connectivity index (χ3n) is 3.20. The van der Waals surface area contributed by atoms with Gasteiger partial charge in [0.25, 0.3) is 0 Å². The van der Waals surface area contributed by atoms with Crippen LogP contribution in [0.1, 0.15) is 42.1 Å². The first kappa shape index (κ1) is 12.1. The molecule has 1 aromatic rings. The van der Waals surface area contributed by atoms with Crippen molar-refractivity contribution in [1.29, 1.82) is 0 Å². The predicted molar refractivity (Wildman–Crippen MR) is 67.1 cm³/mol. The van der Waals surface area contributed by atoms with Gasteiger partial charge in [0, 0.05) is 12.6 Å². The summed E-state index contributed by atoms with van der Waals surface area (Å²) in [6.07, 6.45) is 3.64. The normalized spacial score (nSPS) is 15.2. The number of benzene rings is 1. The lowest BCUT2D eigenvalue weighted by Crippen LogP contribution is -2.27. The third kappa shape index (κ3) is 3.07. The fraction of sp³-hybridized carbons (Fsp3) is 0.500. The maximum atomic E-state index is 11.1. The Morgan fingerprint density at radius 2 is 2.12 bits per heavy atom. The Morgan fingerprint density at radius 3 is 2.71 bits per heavy atom. The van der Waals surface area contributed by atoms with Crippen molar-refractivity contribution in [2.75, 3.05) is 6.54 Å². The molecule has 92 valence electrons. The fourth-order valence-corrected chi connectivity index (χ4v) is 2.20. The standard InChI is InChI=1S/C14H19NO2/c1-2-9-15(12-7-8-12)10-11-5-3-4-6-13(11)14(16)17/h3-6,12H,2,7-10H2,1H3,(H,16,17). The van der Waals surface area contributed by atoms with E-state index >= 15 is 0 Å². The van der Waals surface area contributed by atoms with E-state index in [1.807, 2.05) is 12.1 Å². The van der Waals surface area contributed by atoms with Crippen molar-refractivity contribution in [1.82, 2.24) is 4.90 Å². The lowest BCUT2D eigenvalue weighted by molar-refractivity contribution is 0.0694. The molecular formula is C14H19NO2. The molecular weight excluding hydrogens is 214 g/mol. The number of hydrogen-bond acceptors (Lipinski definition) is 2. The highest BCUT2D eigenvalue weighted by atomic mass is 16.4. The van der Waals surface area contributed by atoms with Crippen molar-refractivity contribution in [2.24, 2.45) is 0 Å². The van der Waals surface area contributed by atoms with E-state index in [1.54, 1.807) is 12.1 Å². The number of nitrogens with zero attached hydrogens (tertiary/aromatic N) is 1.